The largest absolute Gasteiger partial charge is 0.497 e. The monoisotopic (exact) mass is 476 g/mol. The molecule has 1 unspecified atom stereocenters. The van der Waals surface area contributed by atoms with Gasteiger partial charge in [-0.3, -0.25) is 4.79 Å². The van der Waals surface area contributed by atoms with E-state index in [1.165, 1.54) is 11.8 Å². The number of carbonyl (C=O) groups is 1. The van der Waals surface area contributed by atoms with Gasteiger partial charge in [0.25, 0.3) is 0 Å². The second-order valence-electron chi connectivity index (χ2n) is 8.14. The number of benzene rings is 2. The average Bonchev–Trinajstić information content (AvgIpc) is 3.35. The Morgan fingerprint density at radius 1 is 1.12 bits per heavy atom. The first-order valence-electron chi connectivity index (χ1n) is 11.2. The lowest BCUT2D eigenvalue weighted by atomic mass is 9.89. The first-order valence-corrected chi connectivity index (χ1v) is 12.0. The normalized spacial score (nSPS) is 18.9. The van der Waals surface area contributed by atoms with E-state index in [4.69, 9.17) is 9.47 Å². The Hall–Kier alpha value is -3.29. The number of rotatable bonds is 10. The molecule has 0 saturated heterocycles. The van der Waals surface area contributed by atoms with Gasteiger partial charge in [0.2, 0.25) is 0 Å². The van der Waals surface area contributed by atoms with Crippen LogP contribution in [0.5, 0.6) is 11.5 Å². The van der Waals surface area contributed by atoms with Gasteiger partial charge in [-0.25, -0.2) is 4.98 Å². The molecule has 0 fully saturated rings. The minimum absolute atomic E-state index is 0.182. The lowest BCUT2D eigenvalue weighted by Crippen LogP contribution is -2.28. The number of aromatic nitrogens is 2. The maximum atomic E-state index is 13.4. The van der Waals surface area contributed by atoms with Crippen molar-refractivity contribution < 1.29 is 19.4 Å². The van der Waals surface area contributed by atoms with Crippen LogP contribution >= 0.6 is 11.8 Å². The zero-order valence-corrected chi connectivity index (χ0v) is 20.1. The summed E-state index contributed by atoms with van der Waals surface area (Å²) in [6, 6.07) is 17.1. The lowest BCUT2D eigenvalue weighted by Gasteiger charge is -2.22. The predicted octanol–water partition coefficient (Wildman–Crippen LogP) is 5.05. The number of hydrogen-bond acceptors (Lipinski definition) is 6. The van der Waals surface area contributed by atoms with Crippen molar-refractivity contribution in [3.63, 3.8) is 0 Å². The molecule has 0 radical (unpaired) electrons. The molecule has 1 atom stereocenters. The maximum Gasteiger partial charge on any atom is 0.198 e. The zero-order valence-electron chi connectivity index (χ0n) is 19.3. The molecular formula is C27H28N2O4S. The summed E-state index contributed by atoms with van der Waals surface area (Å²) < 4.78 is 12.9. The van der Waals surface area contributed by atoms with E-state index in [-0.39, 0.29) is 5.78 Å². The molecule has 4 rings (SSSR count). The fourth-order valence-electron chi connectivity index (χ4n) is 3.81. The van der Waals surface area contributed by atoms with Gasteiger partial charge in [-0.1, -0.05) is 30.3 Å². The summed E-state index contributed by atoms with van der Waals surface area (Å²) in [6.07, 6.45) is 8.82. The van der Waals surface area contributed by atoms with Crippen LogP contribution in [-0.2, 0) is 11.8 Å². The fraction of sp³-hybridized carbons (Fsp3) is 0.259. The van der Waals surface area contributed by atoms with E-state index in [9.17, 15) is 9.90 Å². The summed E-state index contributed by atoms with van der Waals surface area (Å²) in [4.78, 5) is 18.2. The highest BCUT2D eigenvalue weighted by atomic mass is 32.2. The van der Waals surface area contributed by atoms with Gasteiger partial charge in [0.15, 0.2) is 10.9 Å². The molecule has 0 bridgehead atoms. The Balaban J connectivity index is 1.52. The van der Waals surface area contributed by atoms with Crippen molar-refractivity contribution in [3.8, 4) is 11.5 Å². The summed E-state index contributed by atoms with van der Waals surface area (Å²) in [6.45, 7) is 0.543. The first-order chi connectivity index (χ1) is 16.5. The second kappa shape index (κ2) is 10.8. The Morgan fingerprint density at radius 3 is 2.65 bits per heavy atom. The molecule has 3 aromatic rings. The molecule has 1 aliphatic carbocycles. The van der Waals surface area contributed by atoms with Gasteiger partial charge in [-0.05, 0) is 73.0 Å². The number of nitrogens with zero attached hydrogens (tertiary/aromatic N) is 2. The maximum absolute atomic E-state index is 13.4. The smallest absolute Gasteiger partial charge is 0.198 e. The molecule has 0 amide bonds. The van der Waals surface area contributed by atoms with Gasteiger partial charge in [0, 0.05) is 25.0 Å². The van der Waals surface area contributed by atoms with Crippen LogP contribution < -0.4 is 9.47 Å². The van der Waals surface area contributed by atoms with Crippen LogP contribution in [-0.4, -0.2) is 39.8 Å². The highest BCUT2D eigenvalue weighted by Crippen LogP contribution is 2.42. The topological polar surface area (TPSA) is 73.6 Å². The number of aliphatic hydroxyl groups is 1. The number of carbonyl (C=O) groups excluding carboxylic acids is 1. The number of Topliss-reactive ketones (excluding diaryl/α,β-unsaturated/α-hetero) is 1. The third-order valence-electron chi connectivity index (χ3n) is 5.65. The molecule has 1 N–H and O–H groups in total. The number of imidazole rings is 1. The van der Waals surface area contributed by atoms with E-state index in [0.717, 1.165) is 17.7 Å². The van der Waals surface area contributed by atoms with Crippen LogP contribution in [0.25, 0.3) is 6.08 Å². The fourth-order valence-corrected chi connectivity index (χ4v) is 4.78. The minimum atomic E-state index is -1.36. The standard InChI is InChI=1S/C27H28N2O4S/c1-29-15-14-28-26(29)34-24-19-27(31,13-6-7-16-33-21-10-4-3-5-11-21)23(25(24)30)18-20-9-8-12-22(17-20)32-2/h3-5,8-12,14-15,17-19,31H,6-7,13,16H2,1-2H3/b23-18-. The number of hydrogen-bond donors (Lipinski definition) is 1. The zero-order chi connectivity index (χ0) is 24.0. The third kappa shape index (κ3) is 5.61. The van der Waals surface area contributed by atoms with Gasteiger partial charge in [-0.15, -0.1) is 0 Å². The number of thioether (sulfide) groups is 1. The second-order valence-corrected chi connectivity index (χ2v) is 9.15. The van der Waals surface area contributed by atoms with E-state index >= 15 is 0 Å². The van der Waals surface area contributed by atoms with E-state index in [0.29, 0.717) is 40.8 Å². The molecule has 0 aliphatic heterocycles. The van der Waals surface area contributed by atoms with Crippen LogP contribution in [0.3, 0.4) is 0 Å². The molecule has 6 nitrogen and oxygen atoms in total. The van der Waals surface area contributed by atoms with E-state index < -0.39 is 5.60 Å². The minimum Gasteiger partial charge on any atom is -0.497 e. The lowest BCUT2D eigenvalue weighted by molar-refractivity contribution is -0.112. The Labute approximate surface area is 203 Å². The van der Waals surface area contributed by atoms with Crippen LogP contribution in [0.2, 0.25) is 0 Å². The van der Waals surface area contributed by atoms with Crippen molar-refractivity contribution in [2.24, 2.45) is 7.05 Å². The number of ketones is 1. The van der Waals surface area contributed by atoms with E-state index in [2.05, 4.69) is 4.98 Å². The van der Waals surface area contributed by atoms with Crippen molar-refractivity contribution in [1.29, 1.82) is 0 Å². The summed E-state index contributed by atoms with van der Waals surface area (Å²) in [5, 5.41) is 12.3. The summed E-state index contributed by atoms with van der Waals surface area (Å²) in [7, 11) is 3.48. The highest BCUT2D eigenvalue weighted by molar-refractivity contribution is 8.03. The molecule has 176 valence electrons. The van der Waals surface area contributed by atoms with Gasteiger partial charge in [0.1, 0.15) is 17.1 Å². The Kier molecular flexibility index (Phi) is 7.55. The number of aryl methyl sites for hydroxylation is 1. The van der Waals surface area contributed by atoms with E-state index in [1.807, 2.05) is 72.4 Å². The van der Waals surface area contributed by atoms with Crippen LogP contribution in [0.1, 0.15) is 24.8 Å². The van der Waals surface area contributed by atoms with Crippen molar-refractivity contribution in [2.75, 3.05) is 13.7 Å². The summed E-state index contributed by atoms with van der Waals surface area (Å²) >= 11 is 1.27. The van der Waals surface area contributed by atoms with Gasteiger partial charge < -0.3 is 19.1 Å². The van der Waals surface area contributed by atoms with E-state index in [1.54, 1.807) is 25.5 Å². The molecule has 34 heavy (non-hydrogen) atoms. The highest BCUT2D eigenvalue weighted by Gasteiger charge is 2.42. The quantitative estimate of drug-likeness (QED) is 0.326. The number of unbranched alkanes of at least 4 members (excludes halogenated alkanes) is 1. The van der Waals surface area contributed by atoms with Gasteiger partial charge in [0.05, 0.1) is 18.6 Å². The molecular weight excluding hydrogens is 448 g/mol. The van der Waals surface area contributed by atoms with Gasteiger partial charge >= 0.3 is 0 Å². The molecule has 0 saturated carbocycles. The van der Waals surface area contributed by atoms with Crippen LogP contribution in [0.4, 0.5) is 0 Å². The van der Waals surface area contributed by atoms with Gasteiger partial charge in [-0.2, -0.15) is 0 Å². The van der Waals surface area contributed by atoms with Crippen molar-refractivity contribution in [2.45, 2.75) is 30.0 Å². The molecule has 7 heteroatoms. The molecule has 1 aromatic heterocycles. The van der Waals surface area contributed by atoms with Crippen molar-refractivity contribution in [1.82, 2.24) is 9.55 Å². The summed E-state index contributed by atoms with van der Waals surface area (Å²) in [5.74, 6) is 1.33. The number of allylic oxidation sites excluding steroid dienone is 1. The number of para-hydroxylation sites is 1. The first kappa shape index (κ1) is 23.9. The summed E-state index contributed by atoms with van der Waals surface area (Å²) in [5.41, 5.74) is -0.202. The number of ether oxygens (including phenoxy) is 2. The Bertz CT molecular complexity index is 1200. The molecule has 0 spiro atoms. The third-order valence-corrected chi connectivity index (χ3v) is 6.75. The number of methoxy groups -OCH3 is 1. The van der Waals surface area contributed by atoms with Crippen molar-refractivity contribution in [3.05, 3.63) is 89.1 Å². The van der Waals surface area contributed by atoms with Crippen molar-refractivity contribution >= 4 is 23.6 Å². The van der Waals surface area contributed by atoms with Crippen LogP contribution in [0, 0.1) is 0 Å². The average molecular weight is 477 g/mol. The SMILES string of the molecule is COc1cccc(/C=C2/C(=O)C(Sc3nccn3C)=CC2(O)CCCCOc2ccccc2)c1. The molecule has 1 aliphatic rings. The molecule has 1 heterocycles. The Morgan fingerprint density at radius 2 is 1.91 bits per heavy atom. The van der Waals surface area contributed by atoms with Crippen LogP contribution in [0.15, 0.2) is 88.7 Å². The molecule has 2 aromatic carbocycles. The predicted molar refractivity (Wildman–Crippen MR) is 134 cm³/mol.